The molecule has 19 heavy (non-hydrogen) atoms. The first-order chi connectivity index (χ1) is 9.15. The summed E-state index contributed by atoms with van der Waals surface area (Å²) in [4.78, 5) is 26.6. The number of anilines is 1. The van der Waals surface area contributed by atoms with Crippen molar-refractivity contribution < 1.29 is 14.7 Å². The monoisotopic (exact) mass is 300 g/mol. The van der Waals surface area contributed by atoms with Crippen LogP contribution in [0, 0.1) is 0 Å². The van der Waals surface area contributed by atoms with E-state index < -0.39 is 5.97 Å². The normalized spacial score (nSPS) is 18.4. The second-order valence-electron chi connectivity index (χ2n) is 4.38. The van der Waals surface area contributed by atoms with Crippen LogP contribution in [0.3, 0.4) is 0 Å². The molecular weight excluding hydrogens is 284 g/mol. The Morgan fingerprint density at radius 3 is 3.05 bits per heavy atom. The molecule has 104 valence electrons. The van der Waals surface area contributed by atoms with Crippen molar-refractivity contribution in [3.63, 3.8) is 0 Å². The summed E-state index contributed by atoms with van der Waals surface area (Å²) in [6, 6.07) is 0. The summed E-state index contributed by atoms with van der Waals surface area (Å²) in [6.07, 6.45) is 3.40. The number of thiazole rings is 1. The van der Waals surface area contributed by atoms with Crippen LogP contribution in [0.4, 0.5) is 5.13 Å². The second kappa shape index (κ2) is 6.91. The maximum Gasteiger partial charge on any atom is 0.303 e. The van der Waals surface area contributed by atoms with Crippen LogP contribution in [-0.2, 0) is 16.0 Å². The SMILES string of the molecule is O=C(O)CCCc1csc(NC(=O)C2CCCS2)n1. The fourth-order valence-corrected chi connectivity index (χ4v) is 3.78. The summed E-state index contributed by atoms with van der Waals surface area (Å²) < 4.78 is 0. The van der Waals surface area contributed by atoms with E-state index in [1.807, 2.05) is 5.38 Å². The van der Waals surface area contributed by atoms with Crippen LogP contribution in [0.15, 0.2) is 5.38 Å². The Labute approximate surface area is 119 Å². The van der Waals surface area contributed by atoms with Crippen LogP contribution >= 0.6 is 23.1 Å². The minimum absolute atomic E-state index is 0.0361. The number of aromatic nitrogens is 1. The van der Waals surface area contributed by atoms with E-state index in [4.69, 9.17) is 5.11 Å². The molecule has 1 saturated heterocycles. The molecule has 7 heteroatoms. The predicted octanol–water partition coefficient (Wildman–Crippen LogP) is 2.38. The highest BCUT2D eigenvalue weighted by atomic mass is 32.2. The summed E-state index contributed by atoms with van der Waals surface area (Å²) in [5, 5.41) is 13.9. The lowest BCUT2D eigenvalue weighted by atomic mass is 10.2. The third kappa shape index (κ3) is 4.50. The number of carbonyl (C=O) groups excluding carboxylic acids is 1. The first kappa shape index (κ1) is 14.3. The molecule has 1 atom stereocenters. The molecule has 1 aliphatic rings. The number of carboxylic acid groups (broad SMARTS) is 1. The number of thioether (sulfide) groups is 1. The zero-order valence-corrected chi connectivity index (χ0v) is 12.1. The molecule has 1 unspecified atom stereocenters. The second-order valence-corrected chi connectivity index (χ2v) is 6.55. The van der Waals surface area contributed by atoms with Crippen molar-refractivity contribution in [2.24, 2.45) is 0 Å². The van der Waals surface area contributed by atoms with Crippen LogP contribution in [-0.4, -0.2) is 33.0 Å². The van der Waals surface area contributed by atoms with Crippen molar-refractivity contribution in [1.29, 1.82) is 0 Å². The Morgan fingerprint density at radius 1 is 1.53 bits per heavy atom. The number of amides is 1. The lowest BCUT2D eigenvalue weighted by Crippen LogP contribution is -2.22. The van der Waals surface area contributed by atoms with Crippen molar-refractivity contribution >= 4 is 40.1 Å². The Balaban J connectivity index is 1.79. The van der Waals surface area contributed by atoms with E-state index in [1.54, 1.807) is 11.8 Å². The summed E-state index contributed by atoms with van der Waals surface area (Å²) >= 11 is 3.09. The largest absolute Gasteiger partial charge is 0.481 e. The number of nitrogens with zero attached hydrogens (tertiary/aromatic N) is 1. The molecule has 1 amide bonds. The van der Waals surface area contributed by atoms with Gasteiger partial charge in [0, 0.05) is 11.8 Å². The van der Waals surface area contributed by atoms with Gasteiger partial charge in [0.2, 0.25) is 5.91 Å². The van der Waals surface area contributed by atoms with E-state index in [9.17, 15) is 9.59 Å². The summed E-state index contributed by atoms with van der Waals surface area (Å²) in [6.45, 7) is 0. The van der Waals surface area contributed by atoms with Gasteiger partial charge in [-0.2, -0.15) is 0 Å². The first-order valence-corrected chi connectivity index (χ1v) is 8.16. The van der Waals surface area contributed by atoms with Crippen molar-refractivity contribution in [1.82, 2.24) is 4.98 Å². The molecule has 0 aliphatic carbocycles. The van der Waals surface area contributed by atoms with Crippen LogP contribution in [0.25, 0.3) is 0 Å². The van der Waals surface area contributed by atoms with Crippen LogP contribution in [0.2, 0.25) is 0 Å². The van der Waals surface area contributed by atoms with E-state index >= 15 is 0 Å². The quantitative estimate of drug-likeness (QED) is 0.843. The van der Waals surface area contributed by atoms with Crippen molar-refractivity contribution in [2.45, 2.75) is 37.4 Å². The number of hydrogen-bond donors (Lipinski definition) is 2. The van der Waals surface area contributed by atoms with E-state index in [2.05, 4.69) is 10.3 Å². The Bertz CT molecular complexity index is 456. The summed E-state index contributed by atoms with van der Waals surface area (Å²) in [5.74, 6) is 0.298. The molecule has 2 heterocycles. The average molecular weight is 300 g/mol. The van der Waals surface area contributed by atoms with Gasteiger partial charge >= 0.3 is 5.97 Å². The predicted molar refractivity (Wildman–Crippen MR) is 76.8 cm³/mol. The van der Waals surface area contributed by atoms with Crippen LogP contribution < -0.4 is 5.32 Å². The molecule has 0 saturated carbocycles. The molecule has 0 spiro atoms. The van der Waals surface area contributed by atoms with Crippen molar-refractivity contribution in [2.75, 3.05) is 11.1 Å². The van der Waals surface area contributed by atoms with Gasteiger partial charge in [0.25, 0.3) is 0 Å². The zero-order valence-electron chi connectivity index (χ0n) is 10.4. The highest BCUT2D eigenvalue weighted by molar-refractivity contribution is 8.00. The molecular formula is C12H16N2O3S2. The highest BCUT2D eigenvalue weighted by Gasteiger charge is 2.23. The van der Waals surface area contributed by atoms with Gasteiger partial charge in [-0.15, -0.1) is 23.1 Å². The van der Waals surface area contributed by atoms with Crippen LogP contribution in [0.1, 0.15) is 31.4 Å². The summed E-state index contributed by atoms with van der Waals surface area (Å²) in [5.41, 5.74) is 0.848. The number of carbonyl (C=O) groups is 2. The molecule has 5 nitrogen and oxygen atoms in total. The number of aliphatic carboxylic acids is 1. The molecule has 1 aliphatic heterocycles. The smallest absolute Gasteiger partial charge is 0.303 e. The van der Waals surface area contributed by atoms with Crippen molar-refractivity contribution in [3.05, 3.63) is 11.1 Å². The maximum atomic E-state index is 11.9. The van der Waals surface area contributed by atoms with E-state index in [1.165, 1.54) is 11.3 Å². The van der Waals surface area contributed by atoms with Gasteiger partial charge < -0.3 is 10.4 Å². The highest BCUT2D eigenvalue weighted by Crippen LogP contribution is 2.27. The minimum atomic E-state index is -0.790. The van der Waals surface area contributed by atoms with Gasteiger partial charge in [-0.05, 0) is 31.4 Å². The van der Waals surface area contributed by atoms with Crippen molar-refractivity contribution in [3.8, 4) is 0 Å². The fraction of sp³-hybridized carbons (Fsp3) is 0.583. The molecule has 0 aromatic carbocycles. The average Bonchev–Trinajstić information content (AvgIpc) is 2.99. The maximum absolute atomic E-state index is 11.9. The Morgan fingerprint density at radius 2 is 2.37 bits per heavy atom. The third-order valence-corrected chi connectivity index (χ3v) is 5.01. The fourth-order valence-electron chi connectivity index (χ4n) is 1.87. The number of rotatable bonds is 6. The molecule has 0 radical (unpaired) electrons. The molecule has 0 bridgehead atoms. The summed E-state index contributed by atoms with van der Waals surface area (Å²) in [7, 11) is 0. The minimum Gasteiger partial charge on any atom is -0.481 e. The van der Waals surface area contributed by atoms with Gasteiger partial charge in [-0.25, -0.2) is 4.98 Å². The standard InChI is InChI=1S/C12H16N2O3S2/c15-10(16)5-1-3-8-7-19-12(13-8)14-11(17)9-4-2-6-18-9/h7,9H,1-6H2,(H,15,16)(H,13,14,17). The number of aryl methyl sites for hydroxylation is 1. The lowest BCUT2D eigenvalue weighted by Gasteiger charge is -2.06. The molecule has 1 fully saturated rings. The Kier molecular flexibility index (Phi) is 5.21. The Hall–Kier alpha value is -1.08. The number of carboxylic acids is 1. The van der Waals surface area contributed by atoms with E-state index in [0.29, 0.717) is 18.0 Å². The lowest BCUT2D eigenvalue weighted by molar-refractivity contribution is -0.137. The first-order valence-electron chi connectivity index (χ1n) is 6.24. The molecule has 2 rings (SSSR count). The molecule has 2 N–H and O–H groups in total. The third-order valence-electron chi connectivity index (χ3n) is 2.83. The van der Waals surface area contributed by atoms with Crippen LogP contribution in [0.5, 0.6) is 0 Å². The van der Waals surface area contributed by atoms with E-state index in [-0.39, 0.29) is 17.6 Å². The van der Waals surface area contributed by atoms with Gasteiger partial charge in [0.15, 0.2) is 5.13 Å². The van der Waals surface area contributed by atoms with Gasteiger partial charge in [-0.3, -0.25) is 9.59 Å². The zero-order chi connectivity index (χ0) is 13.7. The molecule has 1 aromatic heterocycles. The number of hydrogen-bond acceptors (Lipinski definition) is 5. The van der Waals surface area contributed by atoms with Gasteiger partial charge in [0.05, 0.1) is 10.9 Å². The number of nitrogens with one attached hydrogen (secondary N) is 1. The van der Waals surface area contributed by atoms with Gasteiger partial charge in [-0.1, -0.05) is 0 Å². The molecule has 1 aromatic rings. The van der Waals surface area contributed by atoms with Gasteiger partial charge in [0.1, 0.15) is 0 Å². The topological polar surface area (TPSA) is 79.3 Å². The van der Waals surface area contributed by atoms with E-state index in [0.717, 1.165) is 24.3 Å².